The van der Waals surface area contributed by atoms with Gasteiger partial charge in [0.2, 0.25) is 0 Å². The molecule has 6 nitrogen and oxygen atoms in total. The highest BCUT2D eigenvalue weighted by molar-refractivity contribution is 14.0. The molecule has 1 aromatic heterocycles. The molecule has 0 saturated heterocycles. The number of para-hydroxylation sites is 1. The highest BCUT2D eigenvalue weighted by Gasteiger charge is 2.05. The van der Waals surface area contributed by atoms with Crippen LogP contribution in [0.25, 0.3) is 10.2 Å². The average Bonchev–Trinajstić information content (AvgIpc) is 3.08. The zero-order chi connectivity index (χ0) is 18.4. The molecule has 0 saturated carbocycles. The number of fused-ring (bicyclic) bond motifs is 1. The van der Waals surface area contributed by atoms with Gasteiger partial charge in [-0.1, -0.05) is 12.1 Å². The third-order valence-corrected chi connectivity index (χ3v) is 4.92. The summed E-state index contributed by atoms with van der Waals surface area (Å²) in [5.74, 6) is 1.69. The summed E-state index contributed by atoms with van der Waals surface area (Å²) < 4.78 is 11.7. The van der Waals surface area contributed by atoms with Crippen LogP contribution in [0.15, 0.2) is 47.5 Å². The number of ether oxygens (including phenoxy) is 2. The van der Waals surface area contributed by atoms with Crippen LogP contribution in [0.2, 0.25) is 0 Å². The molecule has 3 N–H and O–H groups in total. The number of hydrogen-bond donors (Lipinski definition) is 2. The summed E-state index contributed by atoms with van der Waals surface area (Å²) in [6.07, 6.45) is 1.79. The molecule has 3 rings (SSSR count). The van der Waals surface area contributed by atoms with Crippen LogP contribution in [-0.4, -0.2) is 31.7 Å². The zero-order valence-corrected chi connectivity index (χ0v) is 18.4. The highest BCUT2D eigenvalue weighted by Crippen LogP contribution is 2.29. The third kappa shape index (κ3) is 5.70. The van der Waals surface area contributed by atoms with Gasteiger partial charge in [-0.2, -0.15) is 0 Å². The Labute approximate surface area is 179 Å². The lowest BCUT2D eigenvalue weighted by Gasteiger charge is -2.10. The van der Waals surface area contributed by atoms with Crippen LogP contribution in [-0.2, 0) is 6.42 Å². The van der Waals surface area contributed by atoms with E-state index in [1.54, 1.807) is 25.6 Å². The second-order valence-corrected chi connectivity index (χ2v) is 6.76. The van der Waals surface area contributed by atoms with E-state index in [9.17, 15) is 0 Å². The predicted octanol–water partition coefficient (Wildman–Crippen LogP) is 4.29. The summed E-state index contributed by atoms with van der Waals surface area (Å²) in [5, 5.41) is 4.20. The van der Waals surface area contributed by atoms with Crippen molar-refractivity contribution < 1.29 is 9.47 Å². The van der Waals surface area contributed by atoms with Crippen LogP contribution in [0.5, 0.6) is 11.5 Å². The molecule has 0 aliphatic rings. The minimum Gasteiger partial charge on any atom is -0.493 e. The molecule has 1 heterocycles. The third-order valence-electron chi connectivity index (χ3n) is 3.83. The van der Waals surface area contributed by atoms with Crippen LogP contribution in [0.1, 0.15) is 11.4 Å². The lowest BCUT2D eigenvalue weighted by Crippen LogP contribution is -2.22. The molecule has 0 spiro atoms. The number of aryl methyl sites for hydroxylation is 1. The largest absolute Gasteiger partial charge is 0.493 e. The Hall–Kier alpha value is -2.07. The molecule has 0 aliphatic heterocycles. The number of benzene rings is 2. The number of nitrogens with one attached hydrogen (secondary N) is 1. The SMILES string of the molecule is COc1ccc(NC(N)=NCCCc2nc3ccccc3s2)cc1OC.I. The molecule has 0 amide bonds. The van der Waals surface area contributed by atoms with Crippen molar-refractivity contribution in [3.8, 4) is 11.5 Å². The molecule has 8 heteroatoms. The van der Waals surface area contributed by atoms with Gasteiger partial charge >= 0.3 is 0 Å². The molecule has 144 valence electrons. The van der Waals surface area contributed by atoms with E-state index in [-0.39, 0.29) is 24.0 Å². The average molecular weight is 498 g/mol. The molecule has 0 unspecified atom stereocenters. The summed E-state index contributed by atoms with van der Waals surface area (Å²) in [5.41, 5.74) is 7.82. The Bertz CT molecular complexity index is 881. The number of thiazole rings is 1. The van der Waals surface area contributed by atoms with Crippen LogP contribution in [0, 0.1) is 0 Å². The van der Waals surface area contributed by atoms with Gasteiger partial charge in [0.15, 0.2) is 17.5 Å². The van der Waals surface area contributed by atoms with Crippen molar-refractivity contribution in [2.75, 3.05) is 26.1 Å². The Morgan fingerprint density at radius 2 is 1.93 bits per heavy atom. The van der Waals surface area contributed by atoms with Crippen molar-refractivity contribution in [3.05, 3.63) is 47.5 Å². The number of guanidine groups is 1. The summed E-state index contributed by atoms with van der Waals surface area (Å²) in [6, 6.07) is 13.7. The number of anilines is 1. The van der Waals surface area contributed by atoms with Crippen LogP contribution in [0.4, 0.5) is 5.69 Å². The fourth-order valence-electron chi connectivity index (χ4n) is 2.56. The first kappa shape index (κ1) is 21.2. The fourth-order valence-corrected chi connectivity index (χ4v) is 3.57. The van der Waals surface area contributed by atoms with Crippen LogP contribution in [0.3, 0.4) is 0 Å². The second kappa shape index (κ2) is 10.3. The number of aliphatic imine (C=N–C) groups is 1. The summed E-state index contributed by atoms with van der Waals surface area (Å²) in [7, 11) is 3.20. The number of halogens is 1. The first-order chi connectivity index (χ1) is 12.7. The van der Waals surface area contributed by atoms with E-state index >= 15 is 0 Å². The van der Waals surface area contributed by atoms with Crippen molar-refractivity contribution in [2.45, 2.75) is 12.8 Å². The first-order valence-electron chi connectivity index (χ1n) is 8.33. The van der Waals surface area contributed by atoms with Crippen molar-refractivity contribution in [2.24, 2.45) is 10.7 Å². The molecule has 0 aliphatic carbocycles. The number of methoxy groups -OCH3 is 2. The molecule has 0 bridgehead atoms. The van der Waals surface area contributed by atoms with Gasteiger partial charge in [-0.3, -0.25) is 4.99 Å². The predicted molar refractivity (Wildman–Crippen MR) is 123 cm³/mol. The fraction of sp³-hybridized carbons (Fsp3) is 0.263. The van der Waals surface area contributed by atoms with Gasteiger partial charge in [0.05, 0.1) is 29.4 Å². The van der Waals surface area contributed by atoms with E-state index in [2.05, 4.69) is 21.4 Å². The van der Waals surface area contributed by atoms with Crippen molar-refractivity contribution in [1.29, 1.82) is 0 Å². The maximum atomic E-state index is 5.96. The van der Waals surface area contributed by atoms with Gasteiger partial charge in [-0.05, 0) is 30.7 Å². The number of nitrogens with zero attached hydrogens (tertiary/aromatic N) is 2. The van der Waals surface area contributed by atoms with Crippen molar-refractivity contribution >= 4 is 57.2 Å². The molecule has 0 radical (unpaired) electrons. The second-order valence-electron chi connectivity index (χ2n) is 5.64. The van der Waals surface area contributed by atoms with Gasteiger partial charge in [-0.15, -0.1) is 35.3 Å². The number of rotatable bonds is 7. The molecular weight excluding hydrogens is 475 g/mol. The molecule has 0 atom stereocenters. The number of hydrogen-bond acceptors (Lipinski definition) is 5. The molecule has 3 aromatic rings. The van der Waals surface area contributed by atoms with Gasteiger partial charge in [0, 0.05) is 24.7 Å². The standard InChI is InChI=1S/C19H22N4O2S.HI/c1-24-15-10-9-13(12-16(15)25-2)22-19(20)21-11-5-8-18-23-14-6-3-4-7-17(14)26-18;/h3-4,6-7,9-10,12H,5,8,11H2,1-2H3,(H3,20,21,22);1H. The van der Waals surface area contributed by atoms with Crippen molar-refractivity contribution in [3.63, 3.8) is 0 Å². The van der Waals surface area contributed by atoms with E-state index in [0.717, 1.165) is 29.1 Å². The summed E-state index contributed by atoms with van der Waals surface area (Å²) in [4.78, 5) is 9.00. The van der Waals surface area contributed by atoms with Gasteiger partial charge in [0.25, 0.3) is 0 Å². The topological polar surface area (TPSA) is 81.8 Å². The lowest BCUT2D eigenvalue weighted by molar-refractivity contribution is 0.355. The Morgan fingerprint density at radius 3 is 2.67 bits per heavy atom. The van der Waals surface area contributed by atoms with E-state index < -0.39 is 0 Å². The van der Waals surface area contributed by atoms with E-state index in [1.165, 1.54) is 4.70 Å². The van der Waals surface area contributed by atoms with Crippen LogP contribution < -0.4 is 20.5 Å². The number of aromatic nitrogens is 1. The monoisotopic (exact) mass is 498 g/mol. The smallest absolute Gasteiger partial charge is 0.193 e. The normalized spacial score (nSPS) is 11.1. The minimum atomic E-state index is 0. The van der Waals surface area contributed by atoms with E-state index in [4.69, 9.17) is 15.2 Å². The summed E-state index contributed by atoms with van der Waals surface area (Å²) in [6.45, 7) is 0.641. The summed E-state index contributed by atoms with van der Waals surface area (Å²) >= 11 is 1.73. The zero-order valence-electron chi connectivity index (χ0n) is 15.3. The lowest BCUT2D eigenvalue weighted by atomic mass is 10.3. The highest BCUT2D eigenvalue weighted by atomic mass is 127. The van der Waals surface area contributed by atoms with E-state index in [1.807, 2.05) is 36.4 Å². The Morgan fingerprint density at radius 1 is 1.15 bits per heavy atom. The van der Waals surface area contributed by atoms with Gasteiger partial charge < -0.3 is 20.5 Å². The molecule has 27 heavy (non-hydrogen) atoms. The Balaban J connectivity index is 0.00000261. The number of nitrogens with two attached hydrogens (primary N) is 1. The molecular formula is C19H23IN4O2S. The Kier molecular flexibility index (Phi) is 8.11. The molecule has 0 fully saturated rings. The first-order valence-corrected chi connectivity index (χ1v) is 9.14. The maximum absolute atomic E-state index is 5.96. The van der Waals surface area contributed by atoms with E-state index in [0.29, 0.717) is 24.0 Å². The van der Waals surface area contributed by atoms with Crippen LogP contribution >= 0.6 is 35.3 Å². The maximum Gasteiger partial charge on any atom is 0.193 e. The quantitative estimate of drug-likeness (QED) is 0.220. The van der Waals surface area contributed by atoms with Gasteiger partial charge in [0.1, 0.15) is 0 Å². The minimum absolute atomic E-state index is 0. The van der Waals surface area contributed by atoms with Gasteiger partial charge in [-0.25, -0.2) is 4.98 Å². The molecule has 2 aromatic carbocycles. The van der Waals surface area contributed by atoms with Crippen molar-refractivity contribution in [1.82, 2.24) is 4.98 Å².